The topological polar surface area (TPSA) is 78.6 Å². The van der Waals surface area contributed by atoms with Gasteiger partial charge in [0.05, 0.1) is 13.2 Å². The van der Waals surface area contributed by atoms with E-state index in [0.29, 0.717) is 25.3 Å². The van der Waals surface area contributed by atoms with Gasteiger partial charge < -0.3 is 9.47 Å². The Kier molecular flexibility index (Phi) is 4.02. The highest BCUT2D eigenvalue weighted by Crippen LogP contribution is 2.28. The Labute approximate surface area is 109 Å². The van der Waals surface area contributed by atoms with E-state index in [-0.39, 0.29) is 12.5 Å². The fourth-order valence-corrected chi connectivity index (χ4v) is 2.50. The van der Waals surface area contributed by atoms with E-state index in [1.54, 1.807) is 0 Å². The van der Waals surface area contributed by atoms with Gasteiger partial charge in [-0.1, -0.05) is 0 Å². The monoisotopic (exact) mass is 293 g/mol. The molecular weight excluding hydrogens is 280 g/mol. The van der Waals surface area contributed by atoms with Crippen molar-refractivity contribution in [1.29, 1.82) is 0 Å². The summed E-state index contributed by atoms with van der Waals surface area (Å²) in [6, 6.07) is 1.19. The fraction of sp³-hybridized carbons (Fsp3) is 0.455. The Balaban J connectivity index is 2.27. The largest absolute Gasteiger partial charge is 0.489 e. The van der Waals surface area contributed by atoms with Crippen molar-refractivity contribution in [2.24, 2.45) is 11.1 Å². The van der Waals surface area contributed by atoms with Gasteiger partial charge in [-0.3, -0.25) is 0 Å². The third-order valence-electron chi connectivity index (χ3n) is 2.77. The molecule has 0 aliphatic carbocycles. The Hall–Kier alpha value is -1.25. The molecule has 1 aromatic rings. The van der Waals surface area contributed by atoms with Crippen LogP contribution in [0.15, 0.2) is 17.0 Å². The number of sulfonamides is 1. The lowest BCUT2D eigenvalue weighted by molar-refractivity contribution is 0.164. The first-order valence-corrected chi connectivity index (χ1v) is 7.15. The normalized spacial score (nSPS) is 19.6. The van der Waals surface area contributed by atoms with Crippen LogP contribution in [-0.2, 0) is 14.8 Å². The van der Waals surface area contributed by atoms with Crippen LogP contribution < -0.4 is 9.88 Å². The minimum absolute atomic E-state index is 0.0535. The number of ether oxygens (including phenoxy) is 2. The molecule has 5 nitrogen and oxygen atoms in total. The van der Waals surface area contributed by atoms with Crippen molar-refractivity contribution in [3.05, 3.63) is 23.8 Å². The molecule has 0 spiro atoms. The molecule has 106 valence electrons. The van der Waals surface area contributed by atoms with Crippen LogP contribution in [0.1, 0.15) is 6.42 Å². The summed E-state index contributed by atoms with van der Waals surface area (Å²) in [7, 11) is -4.26. The van der Waals surface area contributed by atoms with E-state index in [4.69, 9.17) is 14.6 Å². The van der Waals surface area contributed by atoms with Gasteiger partial charge in [0.2, 0.25) is 10.0 Å². The fourth-order valence-electron chi connectivity index (χ4n) is 1.80. The van der Waals surface area contributed by atoms with Crippen molar-refractivity contribution < 1.29 is 26.7 Å². The van der Waals surface area contributed by atoms with Gasteiger partial charge in [0.1, 0.15) is 10.7 Å². The Morgan fingerprint density at radius 2 is 2.16 bits per heavy atom. The van der Waals surface area contributed by atoms with E-state index in [2.05, 4.69) is 0 Å². The van der Waals surface area contributed by atoms with Gasteiger partial charge in [-0.05, 0) is 12.5 Å². The smallest absolute Gasteiger partial charge is 0.241 e. The van der Waals surface area contributed by atoms with Crippen molar-refractivity contribution in [3.8, 4) is 5.75 Å². The van der Waals surface area contributed by atoms with Crippen LogP contribution in [0.25, 0.3) is 0 Å². The van der Waals surface area contributed by atoms with Gasteiger partial charge in [-0.15, -0.1) is 0 Å². The van der Waals surface area contributed by atoms with Crippen LogP contribution in [0, 0.1) is 17.6 Å². The van der Waals surface area contributed by atoms with Gasteiger partial charge in [0.25, 0.3) is 0 Å². The van der Waals surface area contributed by atoms with E-state index in [1.165, 1.54) is 0 Å². The van der Waals surface area contributed by atoms with Crippen LogP contribution in [0.3, 0.4) is 0 Å². The van der Waals surface area contributed by atoms with Crippen LogP contribution in [0.2, 0.25) is 0 Å². The summed E-state index contributed by atoms with van der Waals surface area (Å²) in [5.74, 6) is -2.62. The number of rotatable bonds is 4. The van der Waals surface area contributed by atoms with Gasteiger partial charge in [0.15, 0.2) is 11.6 Å². The van der Waals surface area contributed by atoms with Crippen molar-refractivity contribution in [2.45, 2.75) is 11.3 Å². The van der Waals surface area contributed by atoms with Crippen LogP contribution in [-0.4, -0.2) is 28.2 Å². The Bertz CT molecular complexity index is 570. The lowest BCUT2D eigenvalue weighted by Crippen LogP contribution is -2.18. The van der Waals surface area contributed by atoms with E-state index in [0.717, 1.165) is 6.42 Å². The summed E-state index contributed by atoms with van der Waals surface area (Å²) < 4.78 is 59.5. The zero-order chi connectivity index (χ0) is 14.0. The highest BCUT2D eigenvalue weighted by Gasteiger charge is 2.23. The Morgan fingerprint density at radius 3 is 2.74 bits per heavy atom. The first kappa shape index (κ1) is 14.2. The third-order valence-corrected chi connectivity index (χ3v) is 3.68. The first-order chi connectivity index (χ1) is 8.88. The second-order valence-corrected chi connectivity index (χ2v) is 5.83. The van der Waals surface area contributed by atoms with Crippen LogP contribution in [0.4, 0.5) is 8.78 Å². The van der Waals surface area contributed by atoms with E-state index in [1.807, 2.05) is 0 Å². The standard InChI is InChI=1S/C11H13F2NO4S/c12-8-3-9(13)11(10(4-8)19(14,15)16)18-6-7-1-2-17-5-7/h3-4,7H,1-2,5-6H2,(H2,14,15,16). The molecule has 19 heavy (non-hydrogen) atoms. The summed E-state index contributed by atoms with van der Waals surface area (Å²) in [6.45, 7) is 1.14. The molecule has 1 saturated heterocycles. The average molecular weight is 293 g/mol. The number of hydrogen-bond donors (Lipinski definition) is 1. The molecule has 0 amide bonds. The lowest BCUT2D eigenvalue weighted by Gasteiger charge is -2.14. The third kappa shape index (κ3) is 3.40. The van der Waals surface area contributed by atoms with Gasteiger partial charge in [-0.2, -0.15) is 0 Å². The van der Waals surface area contributed by atoms with Crippen molar-refractivity contribution in [1.82, 2.24) is 0 Å². The maximum atomic E-state index is 13.6. The van der Waals surface area contributed by atoms with Crippen molar-refractivity contribution >= 4 is 10.0 Å². The predicted molar refractivity (Wildman–Crippen MR) is 62.2 cm³/mol. The highest BCUT2D eigenvalue weighted by molar-refractivity contribution is 7.89. The summed E-state index contributed by atoms with van der Waals surface area (Å²) in [6.07, 6.45) is 0.744. The zero-order valence-electron chi connectivity index (χ0n) is 9.93. The molecule has 2 rings (SSSR count). The molecule has 1 aromatic carbocycles. The zero-order valence-corrected chi connectivity index (χ0v) is 10.8. The molecule has 8 heteroatoms. The SMILES string of the molecule is NS(=O)(=O)c1cc(F)cc(F)c1OCC1CCOC1. The second kappa shape index (κ2) is 5.40. The molecular formula is C11H13F2NO4S. The molecule has 2 N–H and O–H groups in total. The average Bonchev–Trinajstić information content (AvgIpc) is 2.78. The molecule has 0 aromatic heterocycles. The van der Waals surface area contributed by atoms with Gasteiger partial charge in [-0.25, -0.2) is 22.3 Å². The predicted octanol–water partition coefficient (Wildman–Crippen LogP) is 1.03. The molecule has 1 atom stereocenters. The minimum atomic E-state index is -4.26. The number of benzene rings is 1. The summed E-state index contributed by atoms with van der Waals surface area (Å²) in [4.78, 5) is -0.691. The van der Waals surface area contributed by atoms with Gasteiger partial charge in [0, 0.05) is 18.6 Å². The minimum Gasteiger partial charge on any atom is -0.489 e. The molecule has 0 bridgehead atoms. The quantitative estimate of drug-likeness (QED) is 0.899. The molecule has 1 unspecified atom stereocenters. The number of primary sulfonamides is 1. The van der Waals surface area contributed by atoms with Crippen LogP contribution in [0.5, 0.6) is 5.75 Å². The maximum Gasteiger partial charge on any atom is 0.241 e. The van der Waals surface area contributed by atoms with E-state index >= 15 is 0 Å². The number of halogens is 2. The molecule has 1 fully saturated rings. The van der Waals surface area contributed by atoms with E-state index < -0.39 is 32.3 Å². The summed E-state index contributed by atoms with van der Waals surface area (Å²) >= 11 is 0. The molecule has 0 radical (unpaired) electrons. The molecule has 1 heterocycles. The molecule has 0 saturated carbocycles. The van der Waals surface area contributed by atoms with Crippen molar-refractivity contribution in [3.63, 3.8) is 0 Å². The first-order valence-electron chi connectivity index (χ1n) is 5.60. The summed E-state index contributed by atoms with van der Waals surface area (Å²) in [5.41, 5.74) is 0. The summed E-state index contributed by atoms with van der Waals surface area (Å²) in [5, 5.41) is 4.91. The highest BCUT2D eigenvalue weighted by atomic mass is 32.2. The second-order valence-electron chi connectivity index (χ2n) is 4.30. The molecule has 1 aliphatic heterocycles. The molecule has 1 aliphatic rings. The lowest BCUT2D eigenvalue weighted by atomic mass is 10.1. The number of hydrogen-bond acceptors (Lipinski definition) is 4. The Morgan fingerprint density at radius 1 is 1.42 bits per heavy atom. The van der Waals surface area contributed by atoms with Gasteiger partial charge >= 0.3 is 0 Å². The van der Waals surface area contributed by atoms with Crippen LogP contribution >= 0.6 is 0 Å². The van der Waals surface area contributed by atoms with Crippen molar-refractivity contribution in [2.75, 3.05) is 19.8 Å². The maximum absolute atomic E-state index is 13.6. The number of nitrogens with two attached hydrogens (primary N) is 1. The van der Waals surface area contributed by atoms with E-state index in [9.17, 15) is 17.2 Å².